The lowest BCUT2D eigenvalue weighted by molar-refractivity contribution is 0.0693. The molecule has 1 aromatic rings. The molecular formula is C19H24N2O3. The third-order valence-corrected chi connectivity index (χ3v) is 5.26. The summed E-state index contributed by atoms with van der Waals surface area (Å²) in [5, 5.41) is 3.13. The summed E-state index contributed by atoms with van der Waals surface area (Å²) in [5.74, 6) is -0.248. The lowest BCUT2D eigenvalue weighted by atomic mass is 9.96. The zero-order valence-electron chi connectivity index (χ0n) is 14.3. The maximum absolute atomic E-state index is 12.6. The van der Waals surface area contributed by atoms with Gasteiger partial charge in [-0.05, 0) is 43.4 Å². The second-order valence-corrected chi connectivity index (χ2v) is 6.84. The van der Waals surface area contributed by atoms with E-state index in [0.29, 0.717) is 22.6 Å². The number of hydrogen-bond donors (Lipinski definition) is 1. The first kappa shape index (κ1) is 16.7. The van der Waals surface area contributed by atoms with Crippen LogP contribution in [0.4, 0.5) is 0 Å². The Labute approximate surface area is 142 Å². The van der Waals surface area contributed by atoms with Gasteiger partial charge in [-0.3, -0.25) is 19.3 Å². The first-order valence-electron chi connectivity index (χ1n) is 8.80. The Kier molecular flexibility index (Phi) is 4.69. The van der Waals surface area contributed by atoms with Gasteiger partial charge < -0.3 is 5.32 Å². The Morgan fingerprint density at radius 3 is 2.71 bits per heavy atom. The summed E-state index contributed by atoms with van der Waals surface area (Å²) in [6, 6.07) is 4.98. The molecular weight excluding hydrogens is 304 g/mol. The molecule has 1 saturated carbocycles. The number of imide groups is 1. The van der Waals surface area contributed by atoms with Gasteiger partial charge in [-0.1, -0.05) is 26.2 Å². The van der Waals surface area contributed by atoms with Crippen molar-refractivity contribution in [2.75, 3.05) is 7.05 Å². The molecule has 1 heterocycles. The van der Waals surface area contributed by atoms with E-state index in [1.807, 2.05) is 0 Å². The van der Waals surface area contributed by atoms with E-state index in [4.69, 9.17) is 0 Å². The smallest absolute Gasteiger partial charge is 0.261 e. The standard InChI is InChI=1S/C19H24N2O3/c1-3-4-6-12-7-5-8-16(12)20-17(22)13-9-10-14-15(11-13)19(24)21(2)18(14)23/h9-12,16H,3-8H2,1-2H3,(H,20,22). The molecule has 24 heavy (non-hydrogen) atoms. The number of carbonyl (C=O) groups excluding carboxylic acids is 3. The minimum Gasteiger partial charge on any atom is -0.349 e. The first-order valence-corrected chi connectivity index (χ1v) is 8.80. The van der Waals surface area contributed by atoms with Crippen LogP contribution < -0.4 is 5.32 Å². The maximum atomic E-state index is 12.6. The Morgan fingerprint density at radius 1 is 1.21 bits per heavy atom. The number of fused-ring (bicyclic) bond motifs is 1. The van der Waals surface area contributed by atoms with Crippen LogP contribution >= 0.6 is 0 Å². The first-order chi connectivity index (χ1) is 11.5. The average Bonchev–Trinajstić information content (AvgIpc) is 3.11. The van der Waals surface area contributed by atoms with Crippen LogP contribution in [0.15, 0.2) is 18.2 Å². The van der Waals surface area contributed by atoms with Crippen molar-refractivity contribution >= 4 is 17.7 Å². The number of nitrogens with one attached hydrogen (secondary N) is 1. The fourth-order valence-corrected chi connectivity index (χ4v) is 3.79. The second kappa shape index (κ2) is 6.75. The average molecular weight is 328 g/mol. The molecule has 0 spiro atoms. The number of unbranched alkanes of at least 4 members (excludes halogenated alkanes) is 1. The Balaban J connectivity index is 1.72. The highest BCUT2D eigenvalue weighted by molar-refractivity contribution is 6.21. The van der Waals surface area contributed by atoms with E-state index >= 15 is 0 Å². The lowest BCUT2D eigenvalue weighted by Crippen LogP contribution is -2.37. The number of carbonyl (C=O) groups is 3. The minimum atomic E-state index is -0.341. The van der Waals surface area contributed by atoms with Crippen molar-refractivity contribution in [2.45, 2.75) is 51.5 Å². The fraction of sp³-hybridized carbons (Fsp3) is 0.526. The molecule has 1 N–H and O–H groups in total. The van der Waals surface area contributed by atoms with Crippen molar-refractivity contribution in [3.05, 3.63) is 34.9 Å². The predicted molar refractivity (Wildman–Crippen MR) is 91.0 cm³/mol. The number of amides is 3. The van der Waals surface area contributed by atoms with Crippen molar-refractivity contribution in [2.24, 2.45) is 5.92 Å². The van der Waals surface area contributed by atoms with Crippen LogP contribution in [0.3, 0.4) is 0 Å². The highest BCUT2D eigenvalue weighted by Gasteiger charge is 2.34. The van der Waals surface area contributed by atoms with Gasteiger partial charge >= 0.3 is 0 Å². The van der Waals surface area contributed by atoms with Gasteiger partial charge in [-0.25, -0.2) is 0 Å². The van der Waals surface area contributed by atoms with Crippen LogP contribution in [-0.2, 0) is 0 Å². The molecule has 3 rings (SSSR count). The molecule has 1 aromatic carbocycles. The summed E-state index contributed by atoms with van der Waals surface area (Å²) >= 11 is 0. The molecule has 0 aromatic heterocycles. The second-order valence-electron chi connectivity index (χ2n) is 6.84. The van der Waals surface area contributed by atoms with E-state index < -0.39 is 0 Å². The predicted octanol–water partition coefficient (Wildman–Crippen LogP) is 3.00. The van der Waals surface area contributed by atoms with Crippen LogP contribution in [0.2, 0.25) is 0 Å². The van der Waals surface area contributed by atoms with Gasteiger partial charge in [0.2, 0.25) is 0 Å². The third kappa shape index (κ3) is 2.95. The van der Waals surface area contributed by atoms with Gasteiger partial charge in [0.15, 0.2) is 0 Å². The van der Waals surface area contributed by atoms with Gasteiger partial charge in [0, 0.05) is 18.7 Å². The Bertz CT molecular complexity index is 683. The molecule has 2 atom stereocenters. The SMILES string of the molecule is CCCCC1CCCC1NC(=O)c1ccc2c(c1)C(=O)N(C)C2=O. The molecule has 1 aliphatic carbocycles. The Hall–Kier alpha value is -2.17. The van der Waals surface area contributed by atoms with E-state index in [9.17, 15) is 14.4 Å². The molecule has 2 unspecified atom stereocenters. The number of hydrogen-bond acceptors (Lipinski definition) is 3. The summed E-state index contributed by atoms with van der Waals surface area (Å²) in [6.45, 7) is 2.18. The summed E-state index contributed by atoms with van der Waals surface area (Å²) in [4.78, 5) is 37.6. The third-order valence-electron chi connectivity index (χ3n) is 5.26. The van der Waals surface area contributed by atoms with Gasteiger partial charge in [-0.2, -0.15) is 0 Å². The summed E-state index contributed by atoms with van der Waals surface area (Å²) < 4.78 is 0. The topological polar surface area (TPSA) is 66.5 Å². The lowest BCUT2D eigenvalue weighted by Gasteiger charge is -2.21. The monoisotopic (exact) mass is 328 g/mol. The molecule has 2 aliphatic rings. The fourth-order valence-electron chi connectivity index (χ4n) is 3.79. The van der Waals surface area contributed by atoms with Crippen LogP contribution in [0, 0.1) is 5.92 Å². The quantitative estimate of drug-likeness (QED) is 0.845. The molecule has 0 radical (unpaired) electrons. The number of rotatable bonds is 5. The zero-order chi connectivity index (χ0) is 17.3. The van der Waals surface area contributed by atoms with Crippen LogP contribution in [0.25, 0.3) is 0 Å². The van der Waals surface area contributed by atoms with E-state index in [0.717, 1.165) is 24.2 Å². The van der Waals surface area contributed by atoms with Crippen molar-refractivity contribution < 1.29 is 14.4 Å². The minimum absolute atomic E-state index is 0.152. The molecule has 0 bridgehead atoms. The van der Waals surface area contributed by atoms with E-state index in [2.05, 4.69) is 12.2 Å². The highest BCUT2D eigenvalue weighted by atomic mass is 16.2. The van der Waals surface area contributed by atoms with Crippen molar-refractivity contribution in [3.8, 4) is 0 Å². The van der Waals surface area contributed by atoms with E-state index in [-0.39, 0.29) is 23.8 Å². The molecule has 128 valence electrons. The van der Waals surface area contributed by atoms with Crippen molar-refractivity contribution in [3.63, 3.8) is 0 Å². The summed E-state index contributed by atoms with van der Waals surface area (Å²) in [7, 11) is 1.46. The summed E-state index contributed by atoms with van der Waals surface area (Å²) in [5.41, 5.74) is 1.15. The number of benzene rings is 1. The Morgan fingerprint density at radius 2 is 1.96 bits per heavy atom. The van der Waals surface area contributed by atoms with Crippen LogP contribution in [0.5, 0.6) is 0 Å². The highest BCUT2D eigenvalue weighted by Crippen LogP contribution is 2.30. The van der Waals surface area contributed by atoms with Crippen LogP contribution in [0.1, 0.15) is 76.5 Å². The summed E-state index contributed by atoms with van der Waals surface area (Å²) in [6.07, 6.45) is 6.87. The molecule has 3 amide bonds. The zero-order valence-corrected chi connectivity index (χ0v) is 14.3. The van der Waals surface area contributed by atoms with Gasteiger partial charge in [0.05, 0.1) is 11.1 Å². The molecule has 1 fully saturated rings. The van der Waals surface area contributed by atoms with Crippen molar-refractivity contribution in [1.82, 2.24) is 10.2 Å². The van der Waals surface area contributed by atoms with Crippen LogP contribution in [-0.4, -0.2) is 35.7 Å². The van der Waals surface area contributed by atoms with Gasteiger partial charge in [0.1, 0.15) is 0 Å². The molecule has 5 heteroatoms. The normalized spacial score (nSPS) is 22.8. The molecule has 5 nitrogen and oxygen atoms in total. The maximum Gasteiger partial charge on any atom is 0.261 e. The molecule has 1 aliphatic heterocycles. The largest absolute Gasteiger partial charge is 0.349 e. The van der Waals surface area contributed by atoms with Gasteiger partial charge in [0.25, 0.3) is 17.7 Å². The molecule has 0 saturated heterocycles. The number of nitrogens with zero attached hydrogens (tertiary/aromatic N) is 1. The van der Waals surface area contributed by atoms with Gasteiger partial charge in [-0.15, -0.1) is 0 Å². The van der Waals surface area contributed by atoms with E-state index in [1.54, 1.807) is 18.2 Å². The van der Waals surface area contributed by atoms with Crippen molar-refractivity contribution in [1.29, 1.82) is 0 Å². The van der Waals surface area contributed by atoms with E-state index in [1.165, 1.54) is 26.3 Å².